The molecule has 0 saturated heterocycles. The number of carboxylic acids is 1. The summed E-state index contributed by atoms with van der Waals surface area (Å²) in [6, 6.07) is 8.69. The van der Waals surface area contributed by atoms with Crippen molar-refractivity contribution in [3.63, 3.8) is 0 Å². The van der Waals surface area contributed by atoms with Gasteiger partial charge >= 0.3 is 5.97 Å². The van der Waals surface area contributed by atoms with Crippen LogP contribution in [0.15, 0.2) is 42.5 Å². The molecule has 0 bridgehead atoms. The molecular formula is C33H40Cl2N2O9. The zero-order valence-corrected chi connectivity index (χ0v) is 27.7. The molecule has 0 aliphatic heterocycles. The standard InChI is InChI=1S/C33H40Cl2N2O9/c1-18(2)31(37-33(45)22(13-20(4)38)14-21-8-10-23(39)11-9-21)28(40)12-19(3)32(44)36-27(15-30(42)43)29(41)17-46-16-24-25(34)6-5-7-26(24)35/h5-11,18-19,22,27,31,39H,12-17H2,1-4H3,(H,36,44)(H,37,45)(H,42,43)/t19-,22+,27+,31+/m1/s1. The van der Waals surface area contributed by atoms with Crippen LogP contribution in [0.3, 0.4) is 0 Å². The van der Waals surface area contributed by atoms with Gasteiger partial charge < -0.3 is 30.4 Å². The molecule has 2 aromatic rings. The Kier molecular flexibility index (Phi) is 15.3. The summed E-state index contributed by atoms with van der Waals surface area (Å²) in [5.41, 5.74) is 1.17. The van der Waals surface area contributed by atoms with E-state index in [9.17, 15) is 39.0 Å². The van der Waals surface area contributed by atoms with E-state index < -0.39 is 66.3 Å². The molecule has 0 radical (unpaired) electrons. The van der Waals surface area contributed by atoms with E-state index in [0.717, 1.165) is 5.56 Å². The molecule has 0 heterocycles. The van der Waals surface area contributed by atoms with E-state index in [0.29, 0.717) is 15.6 Å². The van der Waals surface area contributed by atoms with Crippen LogP contribution in [-0.2, 0) is 46.5 Å². The molecule has 250 valence electrons. The molecule has 0 aromatic heterocycles. The quantitative estimate of drug-likeness (QED) is 0.169. The minimum Gasteiger partial charge on any atom is -0.508 e. The summed E-state index contributed by atoms with van der Waals surface area (Å²) in [5.74, 6) is -5.94. The van der Waals surface area contributed by atoms with Gasteiger partial charge in [-0.3, -0.25) is 24.0 Å². The first kappa shape index (κ1) is 38.4. The number of aromatic hydroxyl groups is 1. The van der Waals surface area contributed by atoms with Gasteiger partial charge in [-0.05, 0) is 49.1 Å². The number of halogens is 2. The summed E-state index contributed by atoms with van der Waals surface area (Å²) < 4.78 is 5.40. The number of hydrogen-bond donors (Lipinski definition) is 4. The Bertz CT molecular complexity index is 1390. The average Bonchev–Trinajstić information content (AvgIpc) is 2.96. The lowest BCUT2D eigenvalue weighted by Crippen LogP contribution is -2.49. The molecule has 0 aliphatic carbocycles. The lowest BCUT2D eigenvalue weighted by molar-refractivity contribution is -0.141. The van der Waals surface area contributed by atoms with Crippen molar-refractivity contribution in [3.8, 4) is 5.75 Å². The Morgan fingerprint density at radius 2 is 1.43 bits per heavy atom. The molecule has 4 atom stereocenters. The summed E-state index contributed by atoms with van der Waals surface area (Å²) in [6.45, 7) is 5.63. The number of carbonyl (C=O) groups excluding carboxylic acids is 5. The molecule has 0 fully saturated rings. The molecule has 2 rings (SSSR count). The van der Waals surface area contributed by atoms with E-state index in [-0.39, 0.29) is 43.3 Å². The molecule has 0 spiro atoms. The highest BCUT2D eigenvalue weighted by Gasteiger charge is 2.32. The maximum Gasteiger partial charge on any atom is 0.305 e. The molecule has 2 aromatic carbocycles. The van der Waals surface area contributed by atoms with Gasteiger partial charge in [-0.1, -0.05) is 62.2 Å². The Morgan fingerprint density at radius 3 is 1.98 bits per heavy atom. The number of phenols is 1. The van der Waals surface area contributed by atoms with Gasteiger partial charge in [-0.2, -0.15) is 0 Å². The van der Waals surface area contributed by atoms with Crippen molar-refractivity contribution >= 4 is 58.3 Å². The second-order valence-electron chi connectivity index (χ2n) is 11.6. The van der Waals surface area contributed by atoms with Gasteiger partial charge in [0.05, 0.1) is 19.1 Å². The van der Waals surface area contributed by atoms with E-state index in [1.807, 2.05) is 0 Å². The van der Waals surface area contributed by atoms with Crippen molar-refractivity contribution in [1.29, 1.82) is 0 Å². The number of ether oxygens (including phenoxy) is 1. The molecular weight excluding hydrogens is 639 g/mol. The predicted molar refractivity (Wildman–Crippen MR) is 171 cm³/mol. The third-order valence-corrected chi connectivity index (χ3v) is 7.93. The Hall–Kier alpha value is -3.80. The van der Waals surface area contributed by atoms with E-state index >= 15 is 0 Å². The number of carboxylic acid groups (broad SMARTS) is 1. The SMILES string of the molecule is CC(=O)C[C@@H](Cc1ccc(O)cc1)C(=O)N[C@H](C(=O)C[C@@H](C)C(=O)N[C@@H](CC(=O)O)C(=O)COCc1c(Cl)cccc1Cl)C(C)C. The molecule has 0 aliphatic rings. The molecule has 0 unspecified atom stereocenters. The predicted octanol–water partition coefficient (Wildman–Crippen LogP) is 4.32. The van der Waals surface area contributed by atoms with E-state index in [2.05, 4.69) is 10.6 Å². The highest BCUT2D eigenvalue weighted by Crippen LogP contribution is 2.25. The molecule has 46 heavy (non-hydrogen) atoms. The summed E-state index contributed by atoms with van der Waals surface area (Å²) in [7, 11) is 0. The number of phenolic OH excluding ortho intramolecular Hbond substituents is 1. The van der Waals surface area contributed by atoms with Crippen molar-refractivity contribution in [2.45, 2.75) is 72.1 Å². The third-order valence-electron chi connectivity index (χ3n) is 7.23. The van der Waals surface area contributed by atoms with Gasteiger partial charge in [0.2, 0.25) is 11.8 Å². The van der Waals surface area contributed by atoms with Crippen LogP contribution >= 0.6 is 23.2 Å². The van der Waals surface area contributed by atoms with Crippen molar-refractivity contribution in [2.24, 2.45) is 17.8 Å². The number of Topliss-reactive ketones (excluding diaryl/α,β-unsaturated/α-hetero) is 3. The lowest BCUT2D eigenvalue weighted by atomic mass is 9.90. The molecule has 11 nitrogen and oxygen atoms in total. The number of hydrogen-bond acceptors (Lipinski definition) is 8. The fourth-order valence-electron chi connectivity index (χ4n) is 4.69. The Labute approximate surface area is 278 Å². The maximum atomic E-state index is 13.3. The molecule has 4 N–H and O–H groups in total. The summed E-state index contributed by atoms with van der Waals surface area (Å²) in [5, 5.41) is 24.7. The van der Waals surface area contributed by atoms with E-state index in [1.165, 1.54) is 26.0 Å². The smallest absolute Gasteiger partial charge is 0.305 e. The molecule has 0 saturated carbocycles. The van der Waals surface area contributed by atoms with Gasteiger partial charge in [0.1, 0.15) is 24.2 Å². The first-order valence-electron chi connectivity index (χ1n) is 14.7. The second kappa shape index (κ2) is 18.4. The van der Waals surface area contributed by atoms with Gasteiger partial charge in [0, 0.05) is 40.3 Å². The third kappa shape index (κ3) is 12.5. The van der Waals surface area contributed by atoms with Gasteiger partial charge in [0.15, 0.2) is 11.6 Å². The normalized spacial score (nSPS) is 13.7. The number of rotatable bonds is 19. The highest BCUT2D eigenvalue weighted by atomic mass is 35.5. The van der Waals surface area contributed by atoms with Crippen LogP contribution in [0.2, 0.25) is 10.0 Å². The van der Waals surface area contributed by atoms with E-state index in [1.54, 1.807) is 44.2 Å². The van der Waals surface area contributed by atoms with Crippen LogP contribution in [0.25, 0.3) is 0 Å². The largest absolute Gasteiger partial charge is 0.508 e. The number of carbonyl (C=O) groups is 6. The van der Waals surface area contributed by atoms with Crippen molar-refractivity contribution in [1.82, 2.24) is 10.6 Å². The lowest BCUT2D eigenvalue weighted by Gasteiger charge is -2.26. The number of ketones is 3. The van der Waals surface area contributed by atoms with Crippen LogP contribution in [0.4, 0.5) is 0 Å². The zero-order chi connectivity index (χ0) is 34.6. The van der Waals surface area contributed by atoms with Gasteiger partial charge in [0.25, 0.3) is 0 Å². The van der Waals surface area contributed by atoms with Gasteiger partial charge in [-0.25, -0.2) is 0 Å². The summed E-state index contributed by atoms with van der Waals surface area (Å²) >= 11 is 12.2. The Balaban J connectivity index is 2.04. The minimum absolute atomic E-state index is 0.0569. The van der Waals surface area contributed by atoms with Crippen LogP contribution < -0.4 is 10.6 Å². The van der Waals surface area contributed by atoms with Gasteiger partial charge in [-0.15, -0.1) is 0 Å². The van der Waals surface area contributed by atoms with Crippen LogP contribution in [0.1, 0.15) is 58.1 Å². The molecule has 13 heteroatoms. The van der Waals surface area contributed by atoms with Crippen molar-refractivity contribution in [3.05, 3.63) is 63.6 Å². The van der Waals surface area contributed by atoms with Crippen LogP contribution in [0.5, 0.6) is 5.75 Å². The maximum absolute atomic E-state index is 13.3. The number of benzene rings is 2. The summed E-state index contributed by atoms with van der Waals surface area (Å²) in [6.07, 6.45) is -0.860. The number of amides is 2. The Morgan fingerprint density at radius 1 is 0.826 bits per heavy atom. The molecule has 2 amide bonds. The van der Waals surface area contributed by atoms with Crippen molar-refractivity contribution in [2.75, 3.05) is 6.61 Å². The summed E-state index contributed by atoms with van der Waals surface area (Å²) in [4.78, 5) is 75.7. The number of nitrogens with one attached hydrogen (secondary N) is 2. The topological polar surface area (TPSA) is 176 Å². The first-order chi connectivity index (χ1) is 21.6. The van der Waals surface area contributed by atoms with E-state index in [4.69, 9.17) is 27.9 Å². The zero-order valence-electron chi connectivity index (χ0n) is 26.2. The van der Waals surface area contributed by atoms with Crippen molar-refractivity contribution < 1.29 is 43.7 Å². The first-order valence-corrected chi connectivity index (χ1v) is 15.5. The second-order valence-corrected chi connectivity index (χ2v) is 12.4. The number of aliphatic carboxylic acids is 1. The average molecular weight is 680 g/mol. The fourth-order valence-corrected chi connectivity index (χ4v) is 5.20. The fraction of sp³-hybridized carbons (Fsp3) is 0.455. The highest BCUT2D eigenvalue weighted by molar-refractivity contribution is 6.35. The van der Waals surface area contributed by atoms with Crippen LogP contribution in [0, 0.1) is 17.8 Å². The monoisotopic (exact) mass is 678 g/mol. The van der Waals surface area contributed by atoms with Crippen LogP contribution in [-0.4, -0.2) is 64.0 Å². The minimum atomic E-state index is -1.42.